The lowest BCUT2D eigenvalue weighted by Crippen LogP contribution is -2.24. The lowest BCUT2D eigenvalue weighted by Gasteiger charge is -2.12. The summed E-state index contributed by atoms with van der Waals surface area (Å²) in [5.74, 6) is 1.40. The number of aryl methyl sites for hydroxylation is 2. The number of anilines is 1. The van der Waals surface area contributed by atoms with Crippen molar-refractivity contribution >= 4 is 11.6 Å². The summed E-state index contributed by atoms with van der Waals surface area (Å²) in [7, 11) is 0. The summed E-state index contributed by atoms with van der Waals surface area (Å²) in [5.41, 5.74) is 10.6. The molecular formula is C20H31N5. The third kappa shape index (κ3) is 5.62. The van der Waals surface area contributed by atoms with Crippen molar-refractivity contribution in [2.45, 2.75) is 53.5 Å². The number of hydrogen-bond donors (Lipinski definition) is 2. The van der Waals surface area contributed by atoms with Gasteiger partial charge in [-0.15, -0.1) is 0 Å². The van der Waals surface area contributed by atoms with Crippen molar-refractivity contribution in [3.05, 3.63) is 47.3 Å². The Balaban J connectivity index is 1.87. The number of guanidine groups is 1. The minimum atomic E-state index is 0.367. The van der Waals surface area contributed by atoms with Crippen molar-refractivity contribution in [3.63, 3.8) is 0 Å². The summed E-state index contributed by atoms with van der Waals surface area (Å²) < 4.78 is 2.03. The van der Waals surface area contributed by atoms with Gasteiger partial charge in [-0.2, -0.15) is 5.10 Å². The van der Waals surface area contributed by atoms with Gasteiger partial charge >= 0.3 is 0 Å². The Labute approximate surface area is 151 Å². The highest BCUT2D eigenvalue weighted by atomic mass is 15.3. The highest BCUT2D eigenvalue weighted by molar-refractivity contribution is 5.92. The minimum Gasteiger partial charge on any atom is -0.370 e. The number of aromatic nitrogens is 2. The van der Waals surface area contributed by atoms with Crippen LogP contribution in [0.4, 0.5) is 5.69 Å². The van der Waals surface area contributed by atoms with Crippen molar-refractivity contribution in [2.24, 2.45) is 16.6 Å². The number of nitrogens with two attached hydrogens (primary N) is 1. The fraction of sp³-hybridized carbons (Fsp3) is 0.500. The molecule has 5 heteroatoms. The van der Waals surface area contributed by atoms with Crippen LogP contribution in [0.3, 0.4) is 0 Å². The molecule has 0 aliphatic carbocycles. The zero-order valence-corrected chi connectivity index (χ0v) is 16.1. The van der Waals surface area contributed by atoms with Gasteiger partial charge < -0.3 is 11.1 Å². The van der Waals surface area contributed by atoms with Crippen LogP contribution in [0.5, 0.6) is 0 Å². The Morgan fingerprint density at radius 3 is 2.48 bits per heavy atom. The van der Waals surface area contributed by atoms with Gasteiger partial charge in [0.25, 0.3) is 0 Å². The fourth-order valence-corrected chi connectivity index (χ4v) is 2.79. The third-order valence-corrected chi connectivity index (χ3v) is 4.53. The Kier molecular flexibility index (Phi) is 6.62. The van der Waals surface area contributed by atoms with Crippen LogP contribution in [0.2, 0.25) is 0 Å². The van der Waals surface area contributed by atoms with E-state index < -0.39 is 0 Å². The van der Waals surface area contributed by atoms with Crippen LogP contribution < -0.4 is 11.1 Å². The van der Waals surface area contributed by atoms with Crippen molar-refractivity contribution in [1.29, 1.82) is 0 Å². The predicted molar refractivity (Wildman–Crippen MR) is 106 cm³/mol. The van der Waals surface area contributed by atoms with Crippen LogP contribution in [-0.2, 0) is 6.54 Å². The van der Waals surface area contributed by atoms with E-state index in [1.54, 1.807) is 0 Å². The zero-order chi connectivity index (χ0) is 18.4. The Bertz CT molecular complexity index is 699. The van der Waals surface area contributed by atoms with Crippen molar-refractivity contribution in [2.75, 3.05) is 11.9 Å². The van der Waals surface area contributed by atoms with Crippen LogP contribution >= 0.6 is 0 Å². The summed E-state index contributed by atoms with van der Waals surface area (Å²) in [6.07, 6.45) is 1.14. The standard InChI is InChI=1S/C20H31N5/c1-6-15(3)18-7-9-19(10-8-18)23-20(21)22-12-14(2)13-25-17(5)11-16(4)24-25/h7-11,14-15H,6,12-13H2,1-5H3,(H3,21,22,23). The van der Waals surface area contributed by atoms with Gasteiger partial charge in [-0.05, 0) is 55.9 Å². The molecule has 0 aliphatic rings. The average molecular weight is 342 g/mol. The zero-order valence-electron chi connectivity index (χ0n) is 16.1. The lowest BCUT2D eigenvalue weighted by molar-refractivity contribution is 0.450. The van der Waals surface area contributed by atoms with Crippen molar-refractivity contribution < 1.29 is 0 Å². The summed E-state index contributed by atoms with van der Waals surface area (Å²) in [4.78, 5) is 4.47. The molecule has 2 aromatic rings. The molecule has 1 aromatic carbocycles. The SMILES string of the molecule is CCC(C)c1ccc(NC(N)=NCC(C)Cn2nc(C)cc2C)cc1. The molecule has 0 saturated heterocycles. The average Bonchev–Trinajstić information content (AvgIpc) is 2.90. The Morgan fingerprint density at radius 1 is 1.24 bits per heavy atom. The third-order valence-electron chi connectivity index (χ3n) is 4.53. The molecule has 0 spiro atoms. The topological polar surface area (TPSA) is 68.2 Å². The van der Waals surface area contributed by atoms with E-state index in [0.29, 0.717) is 24.3 Å². The molecule has 0 saturated carbocycles. The number of hydrogen-bond acceptors (Lipinski definition) is 2. The predicted octanol–water partition coefficient (Wildman–Crippen LogP) is 4.08. The summed E-state index contributed by atoms with van der Waals surface area (Å²) in [5, 5.41) is 7.66. The maximum absolute atomic E-state index is 6.02. The second kappa shape index (κ2) is 8.70. The van der Waals surface area contributed by atoms with Gasteiger partial charge in [-0.3, -0.25) is 9.67 Å². The molecule has 1 heterocycles. The fourth-order valence-electron chi connectivity index (χ4n) is 2.79. The van der Waals surface area contributed by atoms with Crippen molar-refractivity contribution in [1.82, 2.24) is 9.78 Å². The maximum Gasteiger partial charge on any atom is 0.193 e. The molecule has 1 aromatic heterocycles. The van der Waals surface area contributed by atoms with E-state index in [-0.39, 0.29) is 0 Å². The van der Waals surface area contributed by atoms with E-state index in [1.165, 1.54) is 11.3 Å². The molecule has 0 radical (unpaired) electrons. The molecule has 2 rings (SSSR count). The van der Waals surface area contributed by atoms with Gasteiger partial charge in [0.2, 0.25) is 0 Å². The first-order chi connectivity index (χ1) is 11.9. The second-order valence-electron chi connectivity index (χ2n) is 7.00. The summed E-state index contributed by atoms with van der Waals surface area (Å²) >= 11 is 0. The van der Waals surface area contributed by atoms with Crippen LogP contribution in [0.1, 0.15) is 50.1 Å². The highest BCUT2D eigenvalue weighted by Crippen LogP contribution is 2.20. The van der Waals surface area contributed by atoms with Gasteiger partial charge in [0.1, 0.15) is 0 Å². The molecule has 136 valence electrons. The van der Waals surface area contributed by atoms with Crippen LogP contribution in [0.25, 0.3) is 0 Å². The van der Waals surface area contributed by atoms with E-state index in [0.717, 1.165) is 24.3 Å². The normalized spacial score (nSPS) is 14.4. The monoisotopic (exact) mass is 341 g/mol. The lowest BCUT2D eigenvalue weighted by atomic mass is 9.99. The molecule has 0 bridgehead atoms. The first kappa shape index (κ1) is 19.0. The summed E-state index contributed by atoms with van der Waals surface area (Å²) in [6, 6.07) is 10.5. The molecule has 2 unspecified atom stereocenters. The minimum absolute atomic E-state index is 0.367. The highest BCUT2D eigenvalue weighted by Gasteiger charge is 2.07. The van der Waals surface area contributed by atoms with Crippen molar-refractivity contribution in [3.8, 4) is 0 Å². The van der Waals surface area contributed by atoms with E-state index in [1.807, 2.05) is 11.6 Å². The van der Waals surface area contributed by atoms with Gasteiger partial charge in [-0.25, -0.2) is 0 Å². The van der Waals surface area contributed by atoms with Crippen LogP contribution in [-0.4, -0.2) is 22.3 Å². The van der Waals surface area contributed by atoms with Gasteiger partial charge in [0.15, 0.2) is 5.96 Å². The molecule has 25 heavy (non-hydrogen) atoms. The van der Waals surface area contributed by atoms with E-state index >= 15 is 0 Å². The van der Waals surface area contributed by atoms with E-state index in [4.69, 9.17) is 5.73 Å². The Hall–Kier alpha value is -2.30. The largest absolute Gasteiger partial charge is 0.370 e. The number of benzene rings is 1. The quantitative estimate of drug-likeness (QED) is 0.589. The molecule has 0 fully saturated rings. The maximum atomic E-state index is 6.02. The smallest absolute Gasteiger partial charge is 0.193 e. The van der Waals surface area contributed by atoms with Crippen LogP contribution in [0.15, 0.2) is 35.3 Å². The molecule has 0 aliphatic heterocycles. The van der Waals surface area contributed by atoms with E-state index in [9.17, 15) is 0 Å². The van der Waals surface area contributed by atoms with E-state index in [2.05, 4.69) is 73.4 Å². The molecular weight excluding hydrogens is 310 g/mol. The second-order valence-corrected chi connectivity index (χ2v) is 7.00. The Morgan fingerprint density at radius 2 is 1.92 bits per heavy atom. The molecule has 2 atom stereocenters. The molecule has 0 amide bonds. The molecule has 5 nitrogen and oxygen atoms in total. The van der Waals surface area contributed by atoms with Gasteiger partial charge in [0.05, 0.1) is 5.69 Å². The summed E-state index contributed by atoms with van der Waals surface area (Å²) in [6.45, 7) is 12.2. The number of aliphatic imine (C=N–C) groups is 1. The van der Waals surface area contributed by atoms with Gasteiger partial charge in [-0.1, -0.05) is 32.9 Å². The first-order valence-corrected chi connectivity index (χ1v) is 9.07. The number of nitrogens with one attached hydrogen (secondary N) is 1. The van der Waals surface area contributed by atoms with Gasteiger partial charge in [0, 0.05) is 24.5 Å². The number of rotatable bonds is 7. The first-order valence-electron chi connectivity index (χ1n) is 9.07. The van der Waals surface area contributed by atoms with Crippen LogP contribution in [0, 0.1) is 19.8 Å². The molecule has 3 N–H and O–H groups in total. The number of nitrogens with zero attached hydrogens (tertiary/aromatic N) is 3.